The van der Waals surface area contributed by atoms with E-state index in [9.17, 15) is 14.0 Å². The molecule has 0 aliphatic carbocycles. The minimum absolute atomic E-state index is 0.0107. The summed E-state index contributed by atoms with van der Waals surface area (Å²) in [6.07, 6.45) is 0. The summed E-state index contributed by atoms with van der Waals surface area (Å²) in [5, 5.41) is 14.6. The number of nitrogens with one attached hydrogen (secondary N) is 2. The fourth-order valence-electron chi connectivity index (χ4n) is 3.73. The van der Waals surface area contributed by atoms with Gasteiger partial charge in [0.05, 0.1) is 32.2 Å². The van der Waals surface area contributed by atoms with Crippen LogP contribution in [0, 0.1) is 19.7 Å². The number of carbonyl (C=O) groups excluding carboxylic acids is 2. The Labute approximate surface area is 229 Å². The van der Waals surface area contributed by atoms with Crippen molar-refractivity contribution in [3.05, 3.63) is 89.0 Å². The number of aryl methyl sites for hydroxylation is 2. The number of anilines is 1. The van der Waals surface area contributed by atoms with Crippen LogP contribution in [0.2, 0.25) is 0 Å². The fraction of sp³-hybridized carbons (Fsp3) is 0.214. The lowest BCUT2D eigenvalue weighted by Gasteiger charge is -2.15. The van der Waals surface area contributed by atoms with Gasteiger partial charge in [-0.3, -0.25) is 14.2 Å². The highest BCUT2D eigenvalue weighted by atomic mass is 32.2. The summed E-state index contributed by atoms with van der Waals surface area (Å²) in [5.41, 5.74) is 3.72. The first-order valence-corrected chi connectivity index (χ1v) is 13.0. The topological polar surface area (TPSA) is 107 Å². The van der Waals surface area contributed by atoms with Crippen LogP contribution in [0.25, 0.3) is 5.69 Å². The number of hydrogen-bond donors (Lipinski definition) is 2. The first kappa shape index (κ1) is 27.6. The lowest BCUT2D eigenvalue weighted by Crippen LogP contribution is -2.25. The highest BCUT2D eigenvalue weighted by Gasteiger charge is 2.20. The molecule has 0 unspecified atom stereocenters. The average Bonchev–Trinajstić information content (AvgIpc) is 3.35. The van der Waals surface area contributed by atoms with E-state index < -0.39 is 0 Å². The van der Waals surface area contributed by atoms with E-state index in [4.69, 9.17) is 9.47 Å². The molecule has 2 N–H and O–H groups in total. The summed E-state index contributed by atoms with van der Waals surface area (Å²) in [6, 6.07) is 16.3. The van der Waals surface area contributed by atoms with Gasteiger partial charge in [0.2, 0.25) is 5.91 Å². The number of methoxy groups -OCH3 is 2. The molecule has 0 saturated heterocycles. The Balaban J connectivity index is 1.59. The smallest absolute Gasteiger partial charge is 0.251 e. The van der Waals surface area contributed by atoms with Gasteiger partial charge >= 0.3 is 0 Å². The molecule has 202 valence electrons. The number of ether oxygens (including phenoxy) is 2. The van der Waals surface area contributed by atoms with Crippen molar-refractivity contribution in [1.29, 1.82) is 0 Å². The molecule has 0 aliphatic rings. The van der Waals surface area contributed by atoms with Crippen LogP contribution in [-0.4, -0.2) is 46.6 Å². The first-order chi connectivity index (χ1) is 18.8. The summed E-state index contributed by atoms with van der Waals surface area (Å²) >= 11 is 1.15. The Hall–Kier alpha value is -4.38. The predicted molar refractivity (Wildman–Crippen MR) is 147 cm³/mol. The van der Waals surface area contributed by atoms with Crippen molar-refractivity contribution >= 4 is 29.3 Å². The molecule has 0 bridgehead atoms. The molecular formula is C28H28FN5O4S. The van der Waals surface area contributed by atoms with Gasteiger partial charge in [-0.25, -0.2) is 4.39 Å². The number of carbonyl (C=O) groups is 2. The van der Waals surface area contributed by atoms with E-state index in [1.54, 1.807) is 43.1 Å². The largest absolute Gasteiger partial charge is 0.497 e. The molecule has 9 nitrogen and oxygen atoms in total. The maximum absolute atomic E-state index is 13.2. The Morgan fingerprint density at radius 1 is 0.949 bits per heavy atom. The lowest BCUT2D eigenvalue weighted by molar-refractivity contribution is -0.113. The van der Waals surface area contributed by atoms with Gasteiger partial charge < -0.3 is 20.1 Å². The summed E-state index contributed by atoms with van der Waals surface area (Å²) in [6.45, 7) is 4.01. The molecule has 1 heterocycles. The zero-order chi connectivity index (χ0) is 27.9. The third kappa shape index (κ3) is 6.74. The second-order valence-electron chi connectivity index (χ2n) is 8.60. The van der Waals surface area contributed by atoms with E-state index in [1.165, 1.54) is 24.3 Å². The van der Waals surface area contributed by atoms with E-state index in [0.29, 0.717) is 39.4 Å². The third-order valence-electron chi connectivity index (χ3n) is 5.96. The zero-order valence-corrected chi connectivity index (χ0v) is 22.8. The van der Waals surface area contributed by atoms with Crippen LogP contribution in [-0.2, 0) is 11.3 Å². The summed E-state index contributed by atoms with van der Waals surface area (Å²) in [5.74, 6) is 0.600. The molecule has 0 spiro atoms. The molecule has 39 heavy (non-hydrogen) atoms. The lowest BCUT2D eigenvalue weighted by atomic mass is 10.1. The van der Waals surface area contributed by atoms with Gasteiger partial charge in [-0.2, -0.15) is 0 Å². The first-order valence-electron chi connectivity index (χ1n) is 12.0. The van der Waals surface area contributed by atoms with Crippen molar-refractivity contribution < 1.29 is 23.5 Å². The number of aromatic nitrogens is 3. The molecule has 2 amide bonds. The van der Waals surface area contributed by atoms with Gasteiger partial charge in [0.1, 0.15) is 17.3 Å². The number of benzene rings is 3. The molecule has 0 atom stereocenters. The van der Waals surface area contributed by atoms with Gasteiger partial charge in [-0.05, 0) is 73.5 Å². The number of rotatable bonds is 10. The molecule has 4 aromatic rings. The van der Waals surface area contributed by atoms with Gasteiger partial charge in [0, 0.05) is 17.3 Å². The van der Waals surface area contributed by atoms with E-state index >= 15 is 0 Å². The van der Waals surface area contributed by atoms with Crippen LogP contribution < -0.4 is 20.1 Å². The normalized spacial score (nSPS) is 10.7. The third-order valence-corrected chi connectivity index (χ3v) is 6.89. The number of amides is 2. The molecule has 0 saturated carbocycles. The predicted octanol–water partition coefficient (Wildman–Crippen LogP) is 4.70. The average molecular weight is 550 g/mol. The van der Waals surface area contributed by atoms with Crippen molar-refractivity contribution in [2.45, 2.75) is 25.5 Å². The summed E-state index contributed by atoms with van der Waals surface area (Å²) < 4.78 is 25.9. The molecule has 4 rings (SSSR count). The Bertz CT molecular complexity index is 1490. The Kier molecular flexibility index (Phi) is 8.82. The van der Waals surface area contributed by atoms with E-state index in [0.717, 1.165) is 22.9 Å². The van der Waals surface area contributed by atoms with Crippen LogP contribution in [0.4, 0.5) is 10.1 Å². The molecule has 0 aliphatic heterocycles. The standard InChI is InChI=1S/C28H28FN5O4S/c1-17-5-6-19(13-18(17)2)27(36)30-15-25-32-33-28(34(25)23-14-22(37-3)11-12-24(23)38-4)39-16-26(35)31-21-9-7-20(29)8-10-21/h5-14H,15-16H2,1-4H3,(H,30,36)(H,31,35). The highest BCUT2D eigenvalue weighted by Crippen LogP contribution is 2.32. The SMILES string of the molecule is COc1ccc(OC)c(-n2c(CNC(=O)c3ccc(C)c(C)c3)nnc2SCC(=O)Nc2ccc(F)cc2)c1. The van der Waals surface area contributed by atoms with Gasteiger partial charge in [-0.1, -0.05) is 17.8 Å². The number of halogens is 1. The number of thioether (sulfide) groups is 1. The van der Waals surface area contributed by atoms with E-state index in [-0.39, 0.29) is 29.9 Å². The quantitative estimate of drug-likeness (QED) is 0.276. The molecular weight excluding hydrogens is 521 g/mol. The minimum atomic E-state index is -0.389. The zero-order valence-electron chi connectivity index (χ0n) is 21.9. The van der Waals surface area contributed by atoms with Gasteiger partial charge in [-0.15, -0.1) is 10.2 Å². The van der Waals surface area contributed by atoms with Crippen LogP contribution in [0.15, 0.2) is 65.8 Å². The molecule has 1 aromatic heterocycles. The summed E-state index contributed by atoms with van der Waals surface area (Å²) in [7, 11) is 3.09. The molecule has 11 heteroatoms. The van der Waals surface area contributed by atoms with Crippen LogP contribution in [0.1, 0.15) is 27.3 Å². The van der Waals surface area contributed by atoms with Crippen molar-refractivity contribution in [3.63, 3.8) is 0 Å². The highest BCUT2D eigenvalue weighted by molar-refractivity contribution is 7.99. The van der Waals surface area contributed by atoms with E-state index in [2.05, 4.69) is 20.8 Å². The van der Waals surface area contributed by atoms with Crippen LogP contribution in [0.5, 0.6) is 11.5 Å². The van der Waals surface area contributed by atoms with Crippen molar-refractivity contribution in [1.82, 2.24) is 20.1 Å². The Morgan fingerprint density at radius 3 is 2.41 bits per heavy atom. The number of nitrogens with zero attached hydrogens (tertiary/aromatic N) is 3. The van der Waals surface area contributed by atoms with Gasteiger partial charge in [0.25, 0.3) is 5.91 Å². The summed E-state index contributed by atoms with van der Waals surface area (Å²) in [4.78, 5) is 25.5. The monoisotopic (exact) mass is 549 g/mol. The van der Waals surface area contributed by atoms with Crippen LogP contribution >= 0.6 is 11.8 Å². The maximum Gasteiger partial charge on any atom is 0.251 e. The van der Waals surface area contributed by atoms with Crippen molar-refractivity contribution in [2.24, 2.45) is 0 Å². The second kappa shape index (κ2) is 12.4. The maximum atomic E-state index is 13.2. The van der Waals surface area contributed by atoms with Crippen molar-refractivity contribution in [2.75, 3.05) is 25.3 Å². The Morgan fingerprint density at radius 2 is 1.72 bits per heavy atom. The number of hydrogen-bond acceptors (Lipinski definition) is 7. The molecule has 0 radical (unpaired) electrons. The van der Waals surface area contributed by atoms with Crippen molar-refractivity contribution in [3.8, 4) is 17.2 Å². The molecule has 0 fully saturated rings. The van der Waals surface area contributed by atoms with E-state index in [1.807, 2.05) is 26.0 Å². The fourth-order valence-corrected chi connectivity index (χ4v) is 4.49. The molecule has 3 aromatic carbocycles. The van der Waals surface area contributed by atoms with Crippen LogP contribution in [0.3, 0.4) is 0 Å². The minimum Gasteiger partial charge on any atom is -0.497 e. The second-order valence-corrected chi connectivity index (χ2v) is 9.54. The van der Waals surface area contributed by atoms with Gasteiger partial charge in [0.15, 0.2) is 11.0 Å².